The van der Waals surface area contributed by atoms with E-state index in [2.05, 4.69) is 18.2 Å². The molecule has 0 bridgehead atoms. The minimum atomic E-state index is -1.32. The molecule has 3 N–H and O–H groups in total. The smallest absolute Gasteiger partial charge is 0.339 e. The quantitative estimate of drug-likeness (QED) is 0.571. The minimum Gasteiger partial charge on any atom is -0.453 e. The van der Waals surface area contributed by atoms with Gasteiger partial charge in [0.05, 0.1) is 12.2 Å². The van der Waals surface area contributed by atoms with E-state index in [1.165, 1.54) is 10.1 Å². The lowest BCUT2D eigenvalue weighted by molar-refractivity contribution is -0.234. The number of carbonyl (C=O) groups is 1. The Labute approximate surface area is 170 Å². The summed E-state index contributed by atoms with van der Waals surface area (Å²) in [4.78, 5) is 13.9. The molecule has 0 spiro atoms. The number of aliphatic hydroxyl groups is 3. The molecule has 1 aromatic heterocycles. The highest BCUT2D eigenvalue weighted by atomic mass is 32.1. The summed E-state index contributed by atoms with van der Waals surface area (Å²) in [5.41, 5.74) is 1.88. The largest absolute Gasteiger partial charge is 0.453 e. The van der Waals surface area contributed by atoms with Gasteiger partial charge in [-0.3, -0.25) is 0 Å². The second-order valence-corrected chi connectivity index (χ2v) is 8.61. The van der Waals surface area contributed by atoms with Crippen molar-refractivity contribution >= 4 is 27.4 Å². The summed E-state index contributed by atoms with van der Waals surface area (Å²) in [5, 5.41) is 31.1. The molecular formula is C22H20O6S. The molecule has 2 aliphatic heterocycles. The van der Waals surface area contributed by atoms with Gasteiger partial charge in [0.2, 0.25) is 0 Å². The highest BCUT2D eigenvalue weighted by Crippen LogP contribution is 2.41. The first-order chi connectivity index (χ1) is 14.1. The van der Waals surface area contributed by atoms with Crippen LogP contribution in [0.1, 0.15) is 32.5 Å². The predicted molar refractivity (Wildman–Crippen MR) is 107 cm³/mol. The number of fused-ring (bicyclic) bond motifs is 4. The fourth-order valence-corrected chi connectivity index (χ4v) is 5.31. The molecule has 150 valence electrons. The number of carbonyl (C=O) groups excluding carboxylic acids is 1. The van der Waals surface area contributed by atoms with Crippen LogP contribution in [0, 0.1) is 0 Å². The number of hydrogen-bond acceptors (Lipinski definition) is 7. The van der Waals surface area contributed by atoms with Gasteiger partial charge in [0, 0.05) is 16.0 Å². The lowest BCUT2D eigenvalue weighted by Gasteiger charge is -2.44. The van der Waals surface area contributed by atoms with E-state index in [1.807, 2.05) is 24.3 Å². The van der Waals surface area contributed by atoms with E-state index in [9.17, 15) is 20.1 Å². The molecule has 7 heteroatoms. The Morgan fingerprint density at radius 2 is 1.86 bits per heavy atom. The number of ether oxygens (including phenoxy) is 2. The van der Waals surface area contributed by atoms with Crippen LogP contribution < -0.4 is 0 Å². The Kier molecular flexibility index (Phi) is 4.64. The van der Waals surface area contributed by atoms with Crippen LogP contribution in [-0.4, -0.2) is 52.3 Å². The van der Waals surface area contributed by atoms with Crippen molar-refractivity contribution in [3.8, 4) is 0 Å². The molecule has 5 rings (SSSR count). The molecule has 2 aromatic carbocycles. The maximum atomic E-state index is 12.8. The molecule has 3 heterocycles. The summed E-state index contributed by atoms with van der Waals surface area (Å²) in [7, 11) is 0. The highest BCUT2D eigenvalue weighted by Gasteiger charge is 2.50. The molecule has 0 radical (unpaired) electrons. The first-order valence-corrected chi connectivity index (χ1v) is 10.3. The Hall–Kier alpha value is -2.29. The third-order valence-corrected chi connectivity index (χ3v) is 6.76. The van der Waals surface area contributed by atoms with Gasteiger partial charge in [-0.25, -0.2) is 4.79 Å². The van der Waals surface area contributed by atoms with Crippen molar-refractivity contribution in [3.05, 3.63) is 70.1 Å². The van der Waals surface area contributed by atoms with Crippen molar-refractivity contribution < 1.29 is 29.6 Å². The summed E-state index contributed by atoms with van der Waals surface area (Å²) in [6, 6.07) is 15.8. The van der Waals surface area contributed by atoms with Gasteiger partial charge in [-0.05, 0) is 28.6 Å². The highest BCUT2D eigenvalue weighted by molar-refractivity contribution is 7.19. The first kappa shape index (κ1) is 18.7. The van der Waals surface area contributed by atoms with Crippen LogP contribution in [0.15, 0.2) is 48.5 Å². The van der Waals surface area contributed by atoms with Gasteiger partial charge in [0.25, 0.3) is 0 Å². The van der Waals surface area contributed by atoms with Gasteiger partial charge in [-0.1, -0.05) is 36.4 Å². The van der Waals surface area contributed by atoms with Crippen molar-refractivity contribution in [1.82, 2.24) is 0 Å². The van der Waals surface area contributed by atoms with E-state index in [4.69, 9.17) is 9.47 Å². The molecule has 5 atom stereocenters. The number of hydrogen-bond donors (Lipinski definition) is 3. The molecule has 1 saturated heterocycles. The first-order valence-electron chi connectivity index (χ1n) is 9.49. The van der Waals surface area contributed by atoms with Crippen molar-refractivity contribution in [2.75, 3.05) is 6.61 Å². The number of esters is 1. The van der Waals surface area contributed by atoms with E-state index in [0.29, 0.717) is 17.5 Å². The van der Waals surface area contributed by atoms with Gasteiger partial charge in [-0.15, -0.1) is 11.3 Å². The average Bonchev–Trinajstić information content (AvgIpc) is 3.13. The lowest BCUT2D eigenvalue weighted by Crippen LogP contribution is -2.58. The van der Waals surface area contributed by atoms with Gasteiger partial charge < -0.3 is 24.8 Å². The van der Waals surface area contributed by atoms with Crippen LogP contribution in [0.4, 0.5) is 0 Å². The van der Waals surface area contributed by atoms with Crippen LogP contribution in [0.5, 0.6) is 0 Å². The third-order valence-electron chi connectivity index (χ3n) is 5.65. The van der Waals surface area contributed by atoms with Crippen LogP contribution in [-0.2, 0) is 15.9 Å². The lowest BCUT2D eigenvalue weighted by atomic mass is 9.85. The molecule has 1 fully saturated rings. The van der Waals surface area contributed by atoms with Gasteiger partial charge in [0.1, 0.15) is 24.4 Å². The van der Waals surface area contributed by atoms with Crippen LogP contribution in [0.3, 0.4) is 0 Å². The zero-order valence-corrected chi connectivity index (χ0v) is 16.2. The molecule has 2 aliphatic rings. The molecule has 0 saturated carbocycles. The number of benzene rings is 2. The number of rotatable bonds is 3. The molecule has 3 aromatic rings. The van der Waals surface area contributed by atoms with Crippen LogP contribution in [0.25, 0.3) is 10.1 Å². The standard InChI is InChI=1S/C22H20O6S/c23-10-15-18(24)19(25)21-20(27-15)14-6-3-5-12(17(14)22(26)28-21)9-13-8-11-4-1-2-7-16(11)29-13/h1-8,15,18-21,23-25H,9-10H2/t15?,18?,19?,20?,21-/m1/s1. The van der Waals surface area contributed by atoms with E-state index in [1.54, 1.807) is 17.4 Å². The van der Waals surface area contributed by atoms with Gasteiger partial charge >= 0.3 is 5.97 Å². The fourth-order valence-electron chi connectivity index (χ4n) is 4.22. The zero-order valence-electron chi connectivity index (χ0n) is 15.4. The molecule has 29 heavy (non-hydrogen) atoms. The van der Waals surface area contributed by atoms with Crippen LogP contribution >= 0.6 is 11.3 Å². The van der Waals surface area contributed by atoms with E-state index >= 15 is 0 Å². The van der Waals surface area contributed by atoms with Crippen molar-refractivity contribution in [3.63, 3.8) is 0 Å². The second-order valence-electron chi connectivity index (χ2n) is 7.44. The second kappa shape index (κ2) is 7.19. The SMILES string of the molecule is O=C1O[C@H]2C(OC(CO)C(O)C2O)c2cccc(Cc3cc4ccccc4s3)c21. The number of thiophene rings is 1. The molecular weight excluding hydrogens is 392 g/mol. The maximum absolute atomic E-state index is 12.8. The predicted octanol–water partition coefficient (Wildman–Crippen LogP) is 2.19. The molecule has 0 aliphatic carbocycles. The zero-order chi connectivity index (χ0) is 20.1. The Morgan fingerprint density at radius 1 is 1.03 bits per heavy atom. The van der Waals surface area contributed by atoms with Crippen molar-refractivity contribution in [1.29, 1.82) is 0 Å². The van der Waals surface area contributed by atoms with Crippen molar-refractivity contribution in [2.45, 2.75) is 36.9 Å². The maximum Gasteiger partial charge on any atom is 0.339 e. The summed E-state index contributed by atoms with van der Waals surface area (Å²) >= 11 is 1.68. The Morgan fingerprint density at radius 3 is 2.66 bits per heavy atom. The van der Waals surface area contributed by atoms with Gasteiger partial charge in [0.15, 0.2) is 6.10 Å². The number of aliphatic hydroxyl groups excluding tert-OH is 3. The molecule has 0 amide bonds. The van der Waals surface area contributed by atoms with Crippen molar-refractivity contribution in [2.24, 2.45) is 0 Å². The summed E-state index contributed by atoms with van der Waals surface area (Å²) in [6.45, 7) is -0.438. The molecule has 4 unspecified atom stereocenters. The summed E-state index contributed by atoms with van der Waals surface area (Å²) in [6.07, 6.45) is -4.76. The topological polar surface area (TPSA) is 96.2 Å². The minimum absolute atomic E-state index is 0.437. The van der Waals surface area contributed by atoms with E-state index < -0.39 is 43.1 Å². The van der Waals surface area contributed by atoms with Crippen LogP contribution in [0.2, 0.25) is 0 Å². The third kappa shape index (κ3) is 3.06. The summed E-state index contributed by atoms with van der Waals surface area (Å²) < 4.78 is 12.5. The van der Waals surface area contributed by atoms with Gasteiger partial charge in [-0.2, -0.15) is 0 Å². The Bertz CT molecular complexity index is 1040. The average molecular weight is 412 g/mol. The molecule has 6 nitrogen and oxygen atoms in total. The fraction of sp³-hybridized carbons (Fsp3) is 0.318. The van der Waals surface area contributed by atoms with E-state index in [0.717, 1.165) is 10.4 Å². The Balaban J connectivity index is 1.53. The monoisotopic (exact) mass is 412 g/mol. The van der Waals surface area contributed by atoms with E-state index in [-0.39, 0.29) is 0 Å². The summed E-state index contributed by atoms with van der Waals surface area (Å²) in [5.74, 6) is -0.532. The normalized spacial score (nSPS) is 28.7.